The van der Waals surface area contributed by atoms with Gasteiger partial charge in [-0.1, -0.05) is 32.3 Å². The molecule has 1 rings (SSSR count). The Morgan fingerprint density at radius 1 is 1.21 bits per heavy atom. The molecule has 1 aromatic rings. The Hall–Kier alpha value is -2.08. The van der Waals surface area contributed by atoms with Crippen molar-refractivity contribution in [2.75, 3.05) is 13.2 Å². The Bertz CT molecular complexity index is 661. The van der Waals surface area contributed by atoms with Gasteiger partial charge >= 0.3 is 5.97 Å². The van der Waals surface area contributed by atoms with Gasteiger partial charge in [0.2, 0.25) is 11.2 Å². The van der Waals surface area contributed by atoms with Crippen LogP contribution in [0.3, 0.4) is 0 Å². The molecule has 28 heavy (non-hydrogen) atoms. The summed E-state index contributed by atoms with van der Waals surface area (Å²) in [6.45, 7) is 6.36. The lowest BCUT2D eigenvalue weighted by Gasteiger charge is -2.09. The van der Waals surface area contributed by atoms with E-state index >= 15 is 0 Å². The van der Waals surface area contributed by atoms with Crippen LogP contribution < -0.4 is 10.2 Å². The number of unbranched alkanes of at least 4 members (excludes halogenated alkanes) is 4. The van der Waals surface area contributed by atoms with Crippen molar-refractivity contribution < 1.29 is 23.8 Å². The molecule has 1 atom stereocenters. The summed E-state index contributed by atoms with van der Waals surface area (Å²) >= 11 is 0. The molecular weight excluding hydrogens is 360 g/mol. The average Bonchev–Trinajstić information content (AvgIpc) is 2.64. The number of carbonyl (C=O) groups excluding carboxylic acids is 1. The van der Waals surface area contributed by atoms with Gasteiger partial charge < -0.3 is 19.0 Å². The minimum absolute atomic E-state index is 0.160. The number of hydrogen-bond donors (Lipinski definition) is 1. The van der Waals surface area contributed by atoms with Crippen molar-refractivity contribution in [3.8, 4) is 5.75 Å². The summed E-state index contributed by atoms with van der Waals surface area (Å²) in [5, 5.41) is 10.0. The molecular formula is C22H34O6. The fourth-order valence-corrected chi connectivity index (χ4v) is 2.73. The molecule has 1 aromatic heterocycles. The summed E-state index contributed by atoms with van der Waals surface area (Å²) in [5.74, 6) is 0.790. The second-order valence-electron chi connectivity index (χ2n) is 6.80. The molecule has 0 amide bonds. The molecule has 0 aromatic carbocycles. The smallest absolute Gasteiger partial charge is 0.305 e. The van der Waals surface area contributed by atoms with Crippen molar-refractivity contribution in [3.63, 3.8) is 0 Å². The maximum Gasteiger partial charge on any atom is 0.305 e. The number of carbonyl (C=O) groups is 1. The lowest BCUT2D eigenvalue weighted by atomic mass is 10.1. The highest BCUT2D eigenvalue weighted by Gasteiger charge is 2.11. The van der Waals surface area contributed by atoms with Gasteiger partial charge in [-0.2, -0.15) is 0 Å². The molecule has 0 aliphatic heterocycles. The minimum atomic E-state index is -0.576. The number of aliphatic hydroxyl groups is 1. The molecule has 0 radical (unpaired) electrons. The third-order valence-electron chi connectivity index (χ3n) is 4.20. The molecule has 1 heterocycles. The van der Waals surface area contributed by atoms with Gasteiger partial charge in [0.25, 0.3) is 0 Å². The topological polar surface area (TPSA) is 86.0 Å². The van der Waals surface area contributed by atoms with Gasteiger partial charge in [0.05, 0.1) is 19.3 Å². The quantitative estimate of drug-likeness (QED) is 0.372. The summed E-state index contributed by atoms with van der Waals surface area (Å²) in [7, 11) is 0. The van der Waals surface area contributed by atoms with E-state index in [-0.39, 0.29) is 17.1 Å². The van der Waals surface area contributed by atoms with E-state index in [1.54, 1.807) is 26.0 Å². The lowest BCUT2D eigenvalue weighted by Crippen LogP contribution is -2.11. The molecule has 0 saturated heterocycles. The number of esters is 1. The van der Waals surface area contributed by atoms with E-state index in [9.17, 15) is 14.7 Å². The molecule has 0 aliphatic rings. The first kappa shape index (κ1) is 24.0. The van der Waals surface area contributed by atoms with Crippen LogP contribution in [0, 0.1) is 6.92 Å². The normalized spacial score (nSPS) is 12.3. The molecule has 0 bridgehead atoms. The Labute approximate surface area is 167 Å². The molecule has 0 saturated carbocycles. The standard InChI is InChI=1S/C22H34O6/c1-4-6-8-11-18(23)13-14-20-22(19(24)16-17(3)28-20)27-15-10-7-9-12-21(25)26-5-2/h13-14,16,18,23H,4-12,15H2,1-3H3/b14-13+. The molecule has 1 unspecified atom stereocenters. The molecule has 1 N–H and O–H groups in total. The van der Waals surface area contributed by atoms with Crippen molar-refractivity contribution in [2.24, 2.45) is 0 Å². The van der Waals surface area contributed by atoms with Crippen LogP contribution in [0.25, 0.3) is 6.08 Å². The highest BCUT2D eigenvalue weighted by molar-refractivity contribution is 5.69. The van der Waals surface area contributed by atoms with Gasteiger partial charge in [0, 0.05) is 12.5 Å². The Balaban J connectivity index is 2.56. The fraction of sp³-hybridized carbons (Fsp3) is 0.636. The van der Waals surface area contributed by atoms with E-state index in [2.05, 4.69) is 6.92 Å². The molecule has 0 fully saturated rings. The molecule has 0 aliphatic carbocycles. The second-order valence-corrected chi connectivity index (χ2v) is 6.80. The van der Waals surface area contributed by atoms with Crippen LogP contribution in [0.1, 0.15) is 76.7 Å². The Morgan fingerprint density at radius 3 is 2.71 bits per heavy atom. The van der Waals surface area contributed by atoms with Gasteiger partial charge in [0.15, 0.2) is 5.76 Å². The summed E-state index contributed by atoms with van der Waals surface area (Å²) in [6.07, 6.45) is 9.12. The predicted molar refractivity (Wildman–Crippen MR) is 109 cm³/mol. The van der Waals surface area contributed by atoms with Crippen molar-refractivity contribution in [3.05, 3.63) is 33.9 Å². The van der Waals surface area contributed by atoms with E-state index < -0.39 is 6.10 Å². The zero-order chi connectivity index (χ0) is 20.8. The van der Waals surface area contributed by atoms with Crippen molar-refractivity contribution in [2.45, 2.75) is 78.2 Å². The van der Waals surface area contributed by atoms with Gasteiger partial charge in [0.1, 0.15) is 5.76 Å². The van der Waals surface area contributed by atoms with E-state index in [1.807, 2.05) is 0 Å². The number of hydrogen-bond acceptors (Lipinski definition) is 6. The first-order valence-corrected chi connectivity index (χ1v) is 10.3. The van der Waals surface area contributed by atoms with Gasteiger partial charge in [-0.15, -0.1) is 0 Å². The van der Waals surface area contributed by atoms with E-state index in [1.165, 1.54) is 6.07 Å². The van der Waals surface area contributed by atoms with Crippen LogP contribution in [-0.2, 0) is 9.53 Å². The minimum Gasteiger partial charge on any atom is -0.486 e. The number of aryl methyl sites for hydroxylation is 1. The van der Waals surface area contributed by atoms with Crippen LogP contribution in [0.5, 0.6) is 5.75 Å². The first-order chi connectivity index (χ1) is 13.5. The zero-order valence-electron chi connectivity index (χ0n) is 17.4. The van der Waals surface area contributed by atoms with Gasteiger partial charge in [-0.25, -0.2) is 0 Å². The van der Waals surface area contributed by atoms with Crippen molar-refractivity contribution in [1.29, 1.82) is 0 Å². The third-order valence-corrected chi connectivity index (χ3v) is 4.20. The largest absolute Gasteiger partial charge is 0.486 e. The fourth-order valence-electron chi connectivity index (χ4n) is 2.73. The Morgan fingerprint density at radius 2 is 2.00 bits per heavy atom. The van der Waals surface area contributed by atoms with Crippen LogP contribution in [0.4, 0.5) is 0 Å². The number of aliphatic hydroxyl groups excluding tert-OH is 1. The summed E-state index contributed by atoms with van der Waals surface area (Å²) in [4.78, 5) is 23.5. The maximum absolute atomic E-state index is 12.3. The SMILES string of the molecule is CCCCCC(O)/C=C/c1oc(C)cc(=O)c1OCCCCCC(=O)OCC. The monoisotopic (exact) mass is 394 g/mol. The zero-order valence-corrected chi connectivity index (χ0v) is 17.4. The molecule has 6 heteroatoms. The Kier molecular flexibility index (Phi) is 12.0. The number of ether oxygens (including phenoxy) is 2. The highest BCUT2D eigenvalue weighted by Crippen LogP contribution is 2.18. The van der Waals surface area contributed by atoms with E-state index in [4.69, 9.17) is 13.9 Å². The van der Waals surface area contributed by atoms with Crippen molar-refractivity contribution in [1.82, 2.24) is 0 Å². The van der Waals surface area contributed by atoms with Crippen LogP contribution in [-0.4, -0.2) is 30.4 Å². The molecule has 6 nitrogen and oxygen atoms in total. The van der Waals surface area contributed by atoms with Gasteiger partial charge in [-0.3, -0.25) is 9.59 Å². The van der Waals surface area contributed by atoms with Gasteiger partial charge in [-0.05, 0) is 45.6 Å². The van der Waals surface area contributed by atoms with E-state index in [0.29, 0.717) is 37.6 Å². The predicted octanol–water partition coefficient (Wildman–Crippen LogP) is 4.40. The molecule has 158 valence electrons. The summed E-state index contributed by atoms with van der Waals surface area (Å²) < 4.78 is 16.2. The van der Waals surface area contributed by atoms with Crippen LogP contribution >= 0.6 is 0 Å². The molecule has 0 spiro atoms. The van der Waals surface area contributed by atoms with E-state index in [0.717, 1.165) is 38.5 Å². The number of rotatable bonds is 14. The first-order valence-electron chi connectivity index (χ1n) is 10.3. The van der Waals surface area contributed by atoms with Crippen molar-refractivity contribution >= 4 is 12.0 Å². The highest BCUT2D eigenvalue weighted by atomic mass is 16.5. The summed E-state index contributed by atoms with van der Waals surface area (Å²) in [5.41, 5.74) is -0.240. The van der Waals surface area contributed by atoms with Crippen LogP contribution in [0.2, 0.25) is 0 Å². The lowest BCUT2D eigenvalue weighted by molar-refractivity contribution is -0.143. The maximum atomic E-state index is 12.3. The van der Waals surface area contributed by atoms with Crippen LogP contribution in [0.15, 0.2) is 21.4 Å². The second kappa shape index (κ2) is 14.0. The summed E-state index contributed by atoms with van der Waals surface area (Å²) in [6, 6.07) is 1.39. The third kappa shape index (κ3) is 9.74. The average molecular weight is 395 g/mol.